The number of carbonyl (C=O) groups is 3. The Morgan fingerprint density at radius 1 is 1.14 bits per heavy atom. The van der Waals surface area contributed by atoms with E-state index in [9.17, 15) is 14.4 Å². The number of carbonyl (C=O) groups excluding carboxylic acids is 3. The van der Waals surface area contributed by atoms with Crippen LogP contribution in [0.5, 0.6) is 0 Å². The van der Waals surface area contributed by atoms with Crippen LogP contribution in [0, 0.1) is 0 Å². The van der Waals surface area contributed by atoms with Crippen molar-refractivity contribution in [1.29, 1.82) is 0 Å². The zero-order valence-corrected chi connectivity index (χ0v) is 17.1. The Morgan fingerprint density at radius 2 is 1.75 bits per heavy atom. The van der Waals surface area contributed by atoms with Gasteiger partial charge in [-0.2, -0.15) is 0 Å². The minimum Gasteiger partial charge on any atom is -0.355 e. The number of benzene rings is 1. The molecule has 1 aromatic carbocycles. The highest BCUT2D eigenvalue weighted by molar-refractivity contribution is 5.90. The molecule has 6 nitrogen and oxygen atoms in total. The molecule has 2 rings (SSSR count). The topological polar surface area (TPSA) is 78.5 Å². The summed E-state index contributed by atoms with van der Waals surface area (Å²) in [4.78, 5) is 38.8. The molecule has 3 amide bonds. The van der Waals surface area contributed by atoms with Crippen molar-refractivity contribution in [1.82, 2.24) is 15.5 Å². The van der Waals surface area contributed by atoms with Gasteiger partial charge >= 0.3 is 0 Å². The first-order valence-electron chi connectivity index (χ1n) is 9.74. The average Bonchev–Trinajstić information content (AvgIpc) is 2.66. The van der Waals surface area contributed by atoms with Gasteiger partial charge in [0.05, 0.1) is 5.41 Å². The largest absolute Gasteiger partial charge is 0.355 e. The van der Waals surface area contributed by atoms with Gasteiger partial charge in [0.1, 0.15) is 0 Å². The number of nitrogens with one attached hydrogen (secondary N) is 2. The van der Waals surface area contributed by atoms with Crippen LogP contribution in [0.2, 0.25) is 0 Å². The van der Waals surface area contributed by atoms with Gasteiger partial charge in [0.25, 0.3) is 0 Å². The second kappa shape index (κ2) is 9.04. The van der Waals surface area contributed by atoms with Crippen molar-refractivity contribution in [2.45, 2.75) is 51.0 Å². The fourth-order valence-electron chi connectivity index (χ4n) is 3.58. The van der Waals surface area contributed by atoms with Crippen LogP contribution in [0.1, 0.15) is 45.6 Å². The maximum Gasteiger partial charge on any atom is 0.245 e. The van der Waals surface area contributed by atoms with Crippen molar-refractivity contribution in [2.75, 3.05) is 19.6 Å². The molecular weight excluding hydrogens is 354 g/mol. The fourth-order valence-corrected chi connectivity index (χ4v) is 3.58. The number of piperidine rings is 1. The van der Waals surface area contributed by atoms with Gasteiger partial charge in [0.15, 0.2) is 0 Å². The number of amides is 3. The lowest BCUT2D eigenvalue weighted by Crippen LogP contribution is -2.53. The number of rotatable bonds is 6. The Morgan fingerprint density at radius 3 is 2.29 bits per heavy atom. The summed E-state index contributed by atoms with van der Waals surface area (Å²) >= 11 is 0. The van der Waals surface area contributed by atoms with Crippen molar-refractivity contribution < 1.29 is 14.4 Å². The zero-order chi connectivity index (χ0) is 20.8. The molecule has 1 aromatic rings. The molecule has 28 heavy (non-hydrogen) atoms. The van der Waals surface area contributed by atoms with Gasteiger partial charge in [-0.25, -0.2) is 0 Å². The van der Waals surface area contributed by atoms with Crippen LogP contribution in [-0.2, 0) is 19.8 Å². The van der Waals surface area contributed by atoms with Crippen LogP contribution in [0.3, 0.4) is 0 Å². The summed E-state index contributed by atoms with van der Waals surface area (Å²) in [6.07, 6.45) is 2.62. The summed E-state index contributed by atoms with van der Waals surface area (Å²) in [7, 11) is 0. The number of nitrogens with zero attached hydrogens (tertiary/aromatic N) is 1. The van der Waals surface area contributed by atoms with Gasteiger partial charge in [0.2, 0.25) is 17.7 Å². The second-order valence-electron chi connectivity index (χ2n) is 8.28. The molecule has 0 atom stereocenters. The first-order valence-corrected chi connectivity index (χ1v) is 9.74. The second-order valence-corrected chi connectivity index (χ2v) is 8.28. The normalized spacial score (nSPS) is 16.2. The highest BCUT2D eigenvalue weighted by Gasteiger charge is 2.43. The van der Waals surface area contributed by atoms with E-state index in [4.69, 9.17) is 0 Å². The molecule has 0 unspecified atom stereocenters. The molecule has 2 N–H and O–H groups in total. The van der Waals surface area contributed by atoms with Crippen molar-refractivity contribution in [3.8, 4) is 0 Å². The Kier molecular flexibility index (Phi) is 7.00. The third-order valence-corrected chi connectivity index (χ3v) is 5.02. The van der Waals surface area contributed by atoms with E-state index in [0.29, 0.717) is 25.9 Å². The molecule has 0 spiro atoms. The number of hydrogen-bond acceptors (Lipinski definition) is 3. The van der Waals surface area contributed by atoms with Crippen LogP contribution in [0.4, 0.5) is 0 Å². The Labute approximate surface area is 167 Å². The van der Waals surface area contributed by atoms with Crippen molar-refractivity contribution >= 4 is 17.7 Å². The molecule has 0 bridgehead atoms. The molecule has 6 heteroatoms. The molecule has 1 saturated heterocycles. The third kappa shape index (κ3) is 5.44. The van der Waals surface area contributed by atoms with Gasteiger partial charge < -0.3 is 15.5 Å². The fraction of sp³-hybridized carbons (Fsp3) is 0.500. The maximum absolute atomic E-state index is 13.2. The lowest BCUT2D eigenvalue weighted by atomic mass is 9.72. The van der Waals surface area contributed by atoms with Crippen LogP contribution in [-0.4, -0.2) is 47.8 Å². The van der Waals surface area contributed by atoms with Crippen LogP contribution in [0.15, 0.2) is 43.0 Å². The molecule has 152 valence electrons. The van der Waals surface area contributed by atoms with Crippen molar-refractivity contribution in [3.63, 3.8) is 0 Å². The zero-order valence-electron chi connectivity index (χ0n) is 17.1. The number of hydrogen-bond donors (Lipinski definition) is 2. The van der Waals surface area contributed by atoms with Gasteiger partial charge in [0, 0.05) is 31.6 Å². The van der Waals surface area contributed by atoms with E-state index in [2.05, 4.69) is 17.2 Å². The molecule has 0 aliphatic carbocycles. The predicted molar refractivity (Wildman–Crippen MR) is 110 cm³/mol. The monoisotopic (exact) mass is 385 g/mol. The molecular formula is C22H31N3O3. The summed E-state index contributed by atoms with van der Waals surface area (Å²) in [5, 5.41) is 5.84. The summed E-state index contributed by atoms with van der Waals surface area (Å²) < 4.78 is 0. The van der Waals surface area contributed by atoms with E-state index in [0.717, 1.165) is 5.56 Å². The Balaban J connectivity index is 2.07. The minimum absolute atomic E-state index is 0.0899. The van der Waals surface area contributed by atoms with E-state index in [1.54, 1.807) is 4.90 Å². The highest BCUT2D eigenvalue weighted by atomic mass is 16.2. The first kappa shape index (κ1) is 21.7. The van der Waals surface area contributed by atoms with E-state index >= 15 is 0 Å². The van der Waals surface area contributed by atoms with E-state index in [-0.39, 0.29) is 36.2 Å². The van der Waals surface area contributed by atoms with Crippen molar-refractivity contribution in [3.05, 3.63) is 48.6 Å². The van der Waals surface area contributed by atoms with E-state index in [1.807, 2.05) is 51.1 Å². The average molecular weight is 386 g/mol. The molecule has 1 heterocycles. The van der Waals surface area contributed by atoms with Crippen molar-refractivity contribution in [2.24, 2.45) is 0 Å². The quantitative estimate of drug-likeness (QED) is 0.737. The van der Waals surface area contributed by atoms with Crippen LogP contribution < -0.4 is 10.6 Å². The Bertz CT molecular complexity index is 714. The Hall–Kier alpha value is -2.63. The van der Waals surface area contributed by atoms with Crippen LogP contribution in [0.25, 0.3) is 0 Å². The number of likely N-dealkylation sites (tertiary alicyclic amines) is 1. The van der Waals surface area contributed by atoms with E-state index in [1.165, 1.54) is 6.08 Å². The van der Waals surface area contributed by atoms with Gasteiger partial charge in [-0.05, 0) is 45.3 Å². The minimum atomic E-state index is -0.695. The molecule has 1 aliphatic heterocycles. The molecule has 1 fully saturated rings. The SMILES string of the molecule is C=CC(=O)N1CCC(C(=O)NCCC(=O)NC(C)(C)C)(c2ccccc2)CC1. The summed E-state index contributed by atoms with van der Waals surface area (Å²) in [6.45, 7) is 10.6. The molecule has 1 aliphatic rings. The maximum atomic E-state index is 13.2. The molecule has 0 radical (unpaired) electrons. The van der Waals surface area contributed by atoms with Gasteiger partial charge in [-0.1, -0.05) is 36.9 Å². The smallest absolute Gasteiger partial charge is 0.245 e. The first-order chi connectivity index (χ1) is 13.2. The third-order valence-electron chi connectivity index (χ3n) is 5.02. The lowest BCUT2D eigenvalue weighted by molar-refractivity contribution is -0.134. The van der Waals surface area contributed by atoms with Gasteiger partial charge in [-0.3, -0.25) is 14.4 Å². The molecule has 0 saturated carbocycles. The predicted octanol–water partition coefficient (Wildman–Crippen LogP) is 2.15. The van der Waals surface area contributed by atoms with E-state index < -0.39 is 5.41 Å². The summed E-state index contributed by atoms with van der Waals surface area (Å²) in [6, 6.07) is 9.67. The standard InChI is InChI=1S/C22H31N3O3/c1-5-19(27)25-15-12-22(13-16-25,17-9-7-6-8-10-17)20(28)23-14-11-18(26)24-21(2,3)4/h5-10H,1,11-16H2,2-4H3,(H,23,28)(H,24,26). The molecule has 0 aromatic heterocycles. The van der Waals surface area contributed by atoms with Gasteiger partial charge in [-0.15, -0.1) is 0 Å². The summed E-state index contributed by atoms with van der Waals surface area (Å²) in [5.74, 6) is -0.290. The summed E-state index contributed by atoms with van der Waals surface area (Å²) in [5.41, 5.74) is -0.0475. The van der Waals surface area contributed by atoms with Crippen LogP contribution >= 0.6 is 0 Å². The highest BCUT2D eigenvalue weighted by Crippen LogP contribution is 2.36. The lowest BCUT2D eigenvalue weighted by Gasteiger charge is -2.40.